The van der Waals surface area contributed by atoms with Crippen LogP contribution < -0.4 is 0 Å². The molecule has 0 aliphatic carbocycles. The predicted octanol–water partition coefficient (Wildman–Crippen LogP) is 7.49. The fourth-order valence-corrected chi connectivity index (χ4v) is 4.55. The van der Waals surface area contributed by atoms with Gasteiger partial charge in [0.15, 0.2) is 0 Å². The lowest BCUT2D eigenvalue weighted by molar-refractivity contribution is -0.917. The highest BCUT2D eigenvalue weighted by molar-refractivity contribution is 4.57. The van der Waals surface area contributed by atoms with Gasteiger partial charge in [0.1, 0.15) is 0 Å². The lowest BCUT2D eigenvalue weighted by atomic mass is 10.1. The third-order valence-corrected chi connectivity index (χ3v) is 6.24. The molecule has 1 aliphatic heterocycles. The van der Waals surface area contributed by atoms with Crippen molar-refractivity contribution >= 4 is 0 Å². The fourth-order valence-electron chi connectivity index (χ4n) is 4.55. The summed E-state index contributed by atoms with van der Waals surface area (Å²) in [5.41, 5.74) is 0. The van der Waals surface area contributed by atoms with Crippen LogP contribution in [0.3, 0.4) is 0 Å². The number of rotatable bonds is 17. The first kappa shape index (κ1) is 22.0. The highest BCUT2D eigenvalue weighted by Gasteiger charge is 2.30. The van der Waals surface area contributed by atoms with Crippen LogP contribution in [0.25, 0.3) is 0 Å². The zero-order valence-corrected chi connectivity index (χ0v) is 17.3. The maximum Gasteiger partial charge on any atom is 0.0788 e. The Morgan fingerprint density at radius 3 is 1.17 bits per heavy atom. The van der Waals surface area contributed by atoms with E-state index in [1.807, 2.05) is 0 Å². The minimum atomic E-state index is 1.37. The molecular weight excluding hydrogens is 290 g/mol. The van der Waals surface area contributed by atoms with E-state index in [0.29, 0.717) is 0 Å². The first-order valence-electron chi connectivity index (χ1n) is 11.7. The molecule has 1 heteroatoms. The highest BCUT2D eigenvalue weighted by Crippen LogP contribution is 2.23. The van der Waals surface area contributed by atoms with Crippen molar-refractivity contribution in [2.75, 3.05) is 26.2 Å². The van der Waals surface area contributed by atoms with Crippen molar-refractivity contribution in [3.63, 3.8) is 0 Å². The Bertz CT molecular complexity index is 255. The summed E-state index contributed by atoms with van der Waals surface area (Å²) < 4.78 is 1.49. The number of likely N-dealkylation sites (tertiary alicyclic amines) is 1. The van der Waals surface area contributed by atoms with Gasteiger partial charge in [-0.2, -0.15) is 0 Å². The van der Waals surface area contributed by atoms with Crippen LogP contribution in [0.15, 0.2) is 0 Å². The van der Waals surface area contributed by atoms with E-state index in [2.05, 4.69) is 13.8 Å². The number of nitrogens with zero attached hydrogens (tertiary/aromatic N) is 1. The number of hydrogen-bond donors (Lipinski definition) is 0. The maximum atomic E-state index is 2.32. The van der Waals surface area contributed by atoms with Crippen molar-refractivity contribution in [2.24, 2.45) is 0 Å². The summed E-state index contributed by atoms with van der Waals surface area (Å²) in [4.78, 5) is 0. The number of hydrogen-bond acceptors (Lipinski definition) is 0. The van der Waals surface area contributed by atoms with Gasteiger partial charge in [0.05, 0.1) is 26.2 Å². The van der Waals surface area contributed by atoms with Crippen molar-refractivity contribution in [2.45, 2.75) is 123 Å². The van der Waals surface area contributed by atoms with Gasteiger partial charge in [-0.1, -0.05) is 84.5 Å². The second-order valence-electron chi connectivity index (χ2n) is 8.54. The molecule has 1 rings (SSSR count). The Morgan fingerprint density at radius 1 is 0.458 bits per heavy atom. The van der Waals surface area contributed by atoms with Gasteiger partial charge in [-0.05, 0) is 25.7 Å². The molecule has 0 radical (unpaired) electrons. The van der Waals surface area contributed by atoms with Gasteiger partial charge in [-0.25, -0.2) is 0 Å². The van der Waals surface area contributed by atoms with Crippen molar-refractivity contribution in [1.82, 2.24) is 0 Å². The molecular formula is C23H48N+. The van der Waals surface area contributed by atoms with E-state index in [4.69, 9.17) is 0 Å². The predicted molar refractivity (Wildman–Crippen MR) is 110 cm³/mol. The largest absolute Gasteiger partial charge is 0.324 e. The van der Waals surface area contributed by atoms with Gasteiger partial charge in [-0.15, -0.1) is 0 Å². The minimum absolute atomic E-state index is 1.37. The molecule has 0 amide bonds. The van der Waals surface area contributed by atoms with Crippen LogP contribution in [0, 0.1) is 0 Å². The first-order chi connectivity index (χ1) is 11.8. The zero-order valence-electron chi connectivity index (χ0n) is 17.3. The number of unbranched alkanes of at least 4 members (excludes halogenated alkanes) is 13. The van der Waals surface area contributed by atoms with Crippen LogP contribution in [0.5, 0.6) is 0 Å². The van der Waals surface area contributed by atoms with E-state index in [1.165, 1.54) is 140 Å². The smallest absolute Gasteiger partial charge is 0.0788 e. The highest BCUT2D eigenvalue weighted by atomic mass is 15.4. The third-order valence-electron chi connectivity index (χ3n) is 6.24. The average Bonchev–Trinajstić information content (AvgIpc) is 3.05. The number of quaternary nitrogens is 1. The van der Waals surface area contributed by atoms with Crippen molar-refractivity contribution in [3.05, 3.63) is 0 Å². The third kappa shape index (κ3) is 10.7. The second-order valence-corrected chi connectivity index (χ2v) is 8.54. The average molecular weight is 339 g/mol. The standard InChI is InChI=1S/C23H48N/c1-3-5-7-9-10-11-12-13-15-17-21-24(22-18-19-23-24)20-16-14-8-6-4-2/h3-23H2,1-2H3/q+1. The molecule has 1 saturated heterocycles. The van der Waals surface area contributed by atoms with Gasteiger partial charge in [0.2, 0.25) is 0 Å². The molecule has 0 aromatic carbocycles. The maximum absolute atomic E-state index is 2.32. The molecule has 1 fully saturated rings. The molecule has 0 N–H and O–H groups in total. The molecule has 0 unspecified atom stereocenters. The van der Waals surface area contributed by atoms with E-state index >= 15 is 0 Å². The van der Waals surface area contributed by atoms with Crippen molar-refractivity contribution in [1.29, 1.82) is 0 Å². The summed E-state index contributed by atoms with van der Waals surface area (Å²) in [6, 6.07) is 0. The Balaban J connectivity index is 1.99. The normalized spacial score (nSPS) is 16.8. The zero-order chi connectivity index (χ0) is 17.3. The summed E-state index contributed by atoms with van der Waals surface area (Å²) in [7, 11) is 0. The molecule has 0 atom stereocenters. The van der Waals surface area contributed by atoms with E-state index in [0.717, 1.165) is 0 Å². The fraction of sp³-hybridized carbons (Fsp3) is 1.00. The van der Waals surface area contributed by atoms with Gasteiger partial charge >= 0.3 is 0 Å². The molecule has 1 heterocycles. The van der Waals surface area contributed by atoms with E-state index in [1.54, 1.807) is 0 Å². The summed E-state index contributed by atoms with van der Waals surface area (Å²) in [6.07, 6.45) is 24.9. The summed E-state index contributed by atoms with van der Waals surface area (Å²) in [5.74, 6) is 0. The topological polar surface area (TPSA) is 0 Å². The summed E-state index contributed by atoms with van der Waals surface area (Å²) in [6.45, 7) is 10.6. The Labute approximate surface area is 154 Å². The molecule has 1 nitrogen and oxygen atoms in total. The van der Waals surface area contributed by atoms with Crippen LogP contribution in [0.2, 0.25) is 0 Å². The lowest BCUT2D eigenvalue weighted by Crippen LogP contribution is -2.46. The van der Waals surface area contributed by atoms with Gasteiger partial charge in [-0.3, -0.25) is 0 Å². The molecule has 1 aliphatic rings. The van der Waals surface area contributed by atoms with Crippen LogP contribution in [-0.4, -0.2) is 30.7 Å². The summed E-state index contributed by atoms with van der Waals surface area (Å²) >= 11 is 0. The molecule has 0 aromatic rings. The van der Waals surface area contributed by atoms with Gasteiger partial charge < -0.3 is 4.48 Å². The molecule has 0 saturated carbocycles. The monoisotopic (exact) mass is 338 g/mol. The molecule has 0 spiro atoms. The molecule has 0 aromatic heterocycles. The van der Waals surface area contributed by atoms with E-state index in [9.17, 15) is 0 Å². The molecule has 24 heavy (non-hydrogen) atoms. The summed E-state index contributed by atoms with van der Waals surface area (Å²) in [5, 5.41) is 0. The second kappa shape index (κ2) is 15.2. The quantitative estimate of drug-likeness (QED) is 0.190. The Hall–Kier alpha value is -0.0400. The SMILES string of the molecule is CCCCCCCCCCCC[N+]1(CCCCCCC)CCCC1. The first-order valence-corrected chi connectivity index (χ1v) is 11.7. The lowest BCUT2D eigenvalue weighted by Gasteiger charge is -2.34. The Morgan fingerprint density at radius 2 is 0.792 bits per heavy atom. The Kier molecular flexibility index (Phi) is 14.0. The van der Waals surface area contributed by atoms with Gasteiger partial charge in [0, 0.05) is 12.8 Å². The van der Waals surface area contributed by atoms with Crippen LogP contribution in [0.4, 0.5) is 0 Å². The minimum Gasteiger partial charge on any atom is -0.324 e. The van der Waals surface area contributed by atoms with Crippen LogP contribution in [0.1, 0.15) is 123 Å². The van der Waals surface area contributed by atoms with Crippen LogP contribution >= 0.6 is 0 Å². The van der Waals surface area contributed by atoms with Crippen molar-refractivity contribution < 1.29 is 4.48 Å². The molecule has 144 valence electrons. The van der Waals surface area contributed by atoms with Crippen LogP contribution in [-0.2, 0) is 0 Å². The van der Waals surface area contributed by atoms with E-state index in [-0.39, 0.29) is 0 Å². The van der Waals surface area contributed by atoms with Crippen molar-refractivity contribution in [3.8, 4) is 0 Å². The van der Waals surface area contributed by atoms with Gasteiger partial charge in [0.25, 0.3) is 0 Å². The van der Waals surface area contributed by atoms with E-state index < -0.39 is 0 Å². The molecule has 0 bridgehead atoms.